The van der Waals surface area contributed by atoms with Crippen LogP contribution in [0.4, 0.5) is 0 Å². The summed E-state index contributed by atoms with van der Waals surface area (Å²) in [7, 11) is 0. The van der Waals surface area contributed by atoms with Gasteiger partial charge in [0.1, 0.15) is 11.8 Å². The van der Waals surface area contributed by atoms with E-state index in [4.69, 9.17) is 20.4 Å². The van der Waals surface area contributed by atoms with Crippen molar-refractivity contribution in [3.8, 4) is 11.7 Å². The number of benzene rings is 1. The first kappa shape index (κ1) is 10.4. The van der Waals surface area contributed by atoms with E-state index in [0.717, 1.165) is 11.0 Å². The van der Waals surface area contributed by atoms with Crippen LogP contribution in [0, 0.1) is 6.92 Å². The molecule has 1 aromatic carbocycles. The topological polar surface area (TPSA) is 39.2 Å². The molecule has 0 N–H and O–H groups in total. The van der Waals surface area contributed by atoms with Gasteiger partial charge in [-0.25, -0.2) is 4.98 Å². The minimum atomic E-state index is 0.336. The van der Waals surface area contributed by atoms with Gasteiger partial charge in [0.2, 0.25) is 0 Å². The number of rotatable bonds is 2. The molecular weight excluding hydrogens is 238 g/mol. The average molecular weight is 248 g/mol. The minimum absolute atomic E-state index is 0.336. The number of nitrogens with zero attached hydrogens (tertiary/aromatic N) is 1. The highest BCUT2D eigenvalue weighted by Crippen LogP contribution is 2.28. The molecule has 0 radical (unpaired) electrons. The van der Waals surface area contributed by atoms with E-state index in [1.807, 2.05) is 25.1 Å². The quantitative estimate of drug-likeness (QED) is 0.639. The molecule has 0 amide bonds. The molecule has 2 aromatic heterocycles. The van der Waals surface area contributed by atoms with Crippen molar-refractivity contribution < 1.29 is 8.83 Å². The third-order valence-corrected chi connectivity index (χ3v) is 2.85. The first-order valence-corrected chi connectivity index (χ1v) is 5.80. The lowest BCUT2D eigenvalue weighted by Crippen LogP contribution is -1.76. The van der Waals surface area contributed by atoms with Gasteiger partial charge in [0.25, 0.3) is 5.89 Å². The number of hydrogen-bond acceptors (Lipinski definition) is 3. The van der Waals surface area contributed by atoms with Gasteiger partial charge in [-0.1, -0.05) is 11.6 Å². The molecule has 0 bridgehead atoms. The van der Waals surface area contributed by atoms with Gasteiger partial charge < -0.3 is 8.83 Å². The van der Waals surface area contributed by atoms with E-state index in [0.29, 0.717) is 23.2 Å². The van der Waals surface area contributed by atoms with Crippen LogP contribution in [0.5, 0.6) is 0 Å². The predicted octanol–water partition coefficient (Wildman–Crippen LogP) is 4.14. The standard InChI is InChI=1S/C13H10ClNO2/c1-8-2-3-11-9(4-8)5-12(17-11)13-15-10(6-14)7-16-13/h2-5,7H,6H2,1H3. The van der Waals surface area contributed by atoms with E-state index < -0.39 is 0 Å². The third-order valence-electron chi connectivity index (χ3n) is 2.57. The molecule has 0 unspecified atom stereocenters. The van der Waals surface area contributed by atoms with E-state index in [9.17, 15) is 0 Å². The first-order valence-electron chi connectivity index (χ1n) is 5.27. The Balaban J connectivity index is 2.11. The number of aryl methyl sites for hydroxylation is 1. The molecule has 0 saturated carbocycles. The zero-order valence-electron chi connectivity index (χ0n) is 9.24. The third kappa shape index (κ3) is 1.83. The molecule has 0 fully saturated rings. The summed E-state index contributed by atoms with van der Waals surface area (Å²) in [6.07, 6.45) is 1.54. The normalized spacial score (nSPS) is 11.2. The summed E-state index contributed by atoms with van der Waals surface area (Å²) in [6.45, 7) is 2.04. The molecule has 2 heterocycles. The molecule has 0 saturated heterocycles. The SMILES string of the molecule is Cc1ccc2oc(-c3nc(CCl)co3)cc2c1. The van der Waals surface area contributed by atoms with E-state index in [1.54, 1.807) is 6.26 Å². The number of alkyl halides is 1. The summed E-state index contributed by atoms with van der Waals surface area (Å²) in [5.74, 6) is 1.43. The van der Waals surface area contributed by atoms with Crippen molar-refractivity contribution in [2.75, 3.05) is 0 Å². The summed E-state index contributed by atoms with van der Waals surface area (Å²) < 4.78 is 11.0. The highest BCUT2D eigenvalue weighted by molar-refractivity contribution is 6.16. The number of fused-ring (bicyclic) bond motifs is 1. The second-order valence-electron chi connectivity index (χ2n) is 3.93. The Morgan fingerprint density at radius 3 is 2.94 bits per heavy atom. The van der Waals surface area contributed by atoms with Crippen molar-refractivity contribution >= 4 is 22.6 Å². The molecule has 3 rings (SSSR count). The van der Waals surface area contributed by atoms with Gasteiger partial charge in [-0.05, 0) is 25.1 Å². The van der Waals surface area contributed by atoms with Crippen molar-refractivity contribution in [3.63, 3.8) is 0 Å². The van der Waals surface area contributed by atoms with Crippen LogP contribution >= 0.6 is 11.6 Å². The van der Waals surface area contributed by atoms with Gasteiger partial charge in [0.15, 0.2) is 5.76 Å². The molecule has 0 aliphatic carbocycles. The second-order valence-corrected chi connectivity index (χ2v) is 4.20. The summed E-state index contributed by atoms with van der Waals surface area (Å²) >= 11 is 5.67. The number of hydrogen-bond donors (Lipinski definition) is 0. The van der Waals surface area contributed by atoms with Crippen LogP contribution < -0.4 is 0 Å². The first-order chi connectivity index (χ1) is 8.26. The Hall–Kier alpha value is -1.74. The fourth-order valence-corrected chi connectivity index (χ4v) is 1.87. The lowest BCUT2D eigenvalue weighted by atomic mass is 10.2. The number of oxazole rings is 1. The van der Waals surface area contributed by atoms with Crippen LogP contribution in [-0.2, 0) is 5.88 Å². The van der Waals surface area contributed by atoms with Crippen LogP contribution in [0.3, 0.4) is 0 Å². The van der Waals surface area contributed by atoms with E-state index in [-0.39, 0.29) is 0 Å². The average Bonchev–Trinajstić information content (AvgIpc) is 2.93. The Kier molecular flexibility index (Phi) is 2.41. The van der Waals surface area contributed by atoms with Crippen molar-refractivity contribution in [2.45, 2.75) is 12.8 Å². The summed E-state index contributed by atoms with van der Waals surface area (Å²) in [5, 5.41) is 1.05. The summed E-state index contributed by atoms with van der Waals surface area (Å²) in [5.41, 5.74) is 2.73. The summed E-state index contributed by atoms with van der Waals surface area (Å²) in [4.78, 5) is 4.22. The minimum Gasteiger partial charge on any atom is -0.451 e. The highest BCUT2D eigenvalue weighted by Gasteiger charge is 2.11. The Morgan fingerprint density at radius 2 is 2.18 bits per heavy atom. The molecule has 0 aliphatic heterocycles. The zero-order chi connectivity index (χ0) is 11.8. The van der Waals surface area contributed by atoms with Gasteiger partial charge in [0.05, 0.1) is 11.6 Å². The lowest BCUT2D eigenvalue weighted by Gasteiger charge is -1.89. The van der Waals surface area contributed by atoms with Gasteiger partial charge in [0, 0.05) is 5.39 Å². The van der Waals surface area contributed by atoms with E-state index in [2.05, 4.69) is 11.1 Å². The lowest BCUT2D eigenvalue weighted by molar-refractivity contribution is 0.533. The maximum absolute atomic E-state index is 5.67. The van der Waals surface area contributed by atoms with Gasteiger partial charge >= 0.3 is 0 Å². The van der Waals surface area contributed by atoms with E-state index >= 15 is 0 Å². The predicted molar refractivity (Wildman–Crippen MR) is 66.0 cm³/mol. The number of aromatic nitrogens is 1. The van der Waals surface area contributed by atoms with Gasteiger partial charge in [-0.3, -0.25) is 0 Å². The zero-order valence-corrected chi connectivity index (χ0v) is 9.99. The Labute approximate surface area is 103 Å². The largest absolute Gasteiger partial charge is 0.451 e. The fourth-order valence-electron chi connectivity index (χ4n) is 1.75. The number of halogens is 1. The highest BCUT2D eigenvalue weighted by atomic mass is 35.5. The van der Waals surface area contributed by atoms with Crippen LogP contribution in [0.15, 0.2) is 39.4 Å². The van der Waals surface area contributed by atoms with Crippen molar-refractivity contribution in [1.82, 2.24) is 4.98 Å². The molecule has 0 atom stereocenters. The molecule has 86 valence electrons. The molecular formula is C13H10ClNO2. The van der Waals surface area contributed by atoms with Crippen LogP contribution in [0.25, 0.3) is 22.6 Å². The van der Waals surface area contributed by atoms with Crippen molar-refractivity contribution in [3.05, 3.63) is 41.8 Å². The molecule has 17 heavy (non-hydrogen) atoms. The Morgan fingerprint density at radius 1 is 1.29 bits per heavy atom. The summed E-state index contributed by atoms with van der Waals surface area (Å²) in [6, 6.07) is 7.94. The number of furan rings is 1. The van der Waals surface area contributed by atoms with Gasteiger partial charge in [-0.15, -0.1) is 11.6 Å². The molecule has 0 aliphatic rings. The monoisotopic (exact) mass is 247 g/mol. The van der Waals surface area contributed by atoms with Crippen LogP contribution in [-0.4, -0.2) is 4.98 Å². The van der Waals surface area contributed by atoms with Crippen molar-refractivity contribution in [1.29, 1.82) is 0 Å². The molecule has 0 spiro atoms. The smallest absolute Gasteiger partial charge is 0.263 e. The molecule has 3 aromatic rings. The van der Waals surface area contributed by atoms with Crippen LogP contribution in [0.1, 0.15) is 11.3 Å². The molecule has 3 nitrogen and oxygen atoms in total. The maximum Gasteiger partial charge on any atom is 0.263 e. The second kappa shape index (κ2) is 3.93. The van der Waals surface area contributed by atoms with Gasteiger partial charge in [-0.2, -0.15) is 0 Å². The van der Waals surface area contributed by atoms with Crippen molar-refractivity contribution in [2.24, 2.45) is 0 Å². The fraction of sp³-hybridized carbons (Fsp3) is 0.154. The maximum atomic E-state index is 5.67. The van der Waals surface area contributed by atoms with E-state index in [1.165, 1.54) is 5.56 Å². The Bertz CT molecular complexity index is 669. The molecule has 4 heteroatoms. The van der Waals surface area contributed by atoms with Crippen LogP contribution in [0.2, 0.25) is 0 Å².